The summed E-state index contributed by atoms with van der Waals surface area (Å²) < 4.78 is 6.41. The fourth-order valence-electron chi connectivity index (χ4n) is 1.35. The Morgan fingerprint density at radius 3 is 3.00 bits per heavy atom. The Balaban J connectivity index is 1.64. The smallest absolute Gasteiger partial charge is 0.117 e. The van der Waals surface area contributed by atoms with Crippen LogP contribution in [-0.4, -0.2) is 12.6 Å². The van der Waals surface area contributed by atoms with Crippen LogP contribution < -0.4 is 5.32 Å². The molecule has 0 aliphatic heterocycles. The van der Waals surface area contributed by atoms with E-state index >= 15 is 0 Å². The van der Waals surface area contributed by atoms with E-state index in [0.29, 0.717) is 0 Å². The highest BCUT2D eigenvalue weighted by molar-refractivity contribution is 9.10. The van der Waals surface area contributed by atoms with Crippen molar-refractivity contribution < 1.29 is 4.42 Å². The summed E-state index contributed by atoms with van der Waals surface area (Å²) >= 11 is 3.45. The van der Waals surface area contributed by atoms with E-state index in [2.05, 4.69) is 21.2 Å². The molecule has 3 heteroatoms. The van der Waals surface area contributed by atoms with Crippen molar-refractivity contribution in [2.45, 2.75) is 31.7 Å². The minimum atomic E-state index is 0.819. The number of hydrogen-bond acceptors (Lipinski definition) is 2. The summed E-state index contributed by atoms with van der Waals surface area (Å²) in [5.41, 5.74) is 0. The summed E-state index contributed by atoms with van der Waals surface area (Å²) in [5, 5.41) is 3.48. The highest BCUT2D eigenvalue weighted by atomic mass is 79.9. The van der Waals surface area contributed by atoms with E-state index in [1.807, 2.05) is 6.07 Å². The Kier molecular flexibility index (Phi) is 3.06. The van der Waals surface area contributed by atoms with E-state index in [4.69, 9.17) is 4.42 Å². The number of aryl methyl sites for hydroxylation is 1. The highest BCUT2D eigenvalue weighted by Crippen LogP contribution is 2.20. The molecule has 1 saturated carbocycles. The first kappa shape index (κ1) is 9.28. The van der Waals surface area contributed by atoms with Crippen LogP contribution >= 0.6 is 15.9 Å². The van der Waals surface area contributed by atoms with Crippen molar-refractivity contribution in [3.05, 3.63) is 22.6 Å². The third-order valence-electron chi connectivity index (χ3n) is 2.28. The second-order valence-electron chi connectivity index (χ2n) is 3.52. The summed E-state index contributed by atoms with van der Waals surface area (Å²) in [6, 6.07) is 2.77. The van der Waals surface area contributed by atoms with Gasteiger partial charge in [-0.15, -0.1) is 0 Å². The standard InChI is InChI=1S/C10H14BrNO/c11-9-5-7-13-10(9)2-1-6-12-8-3-4-8/h5,7-8,12H,1-4,6H2. The first-order valence-electron chi connectivity index (χ1n) is 4.81. The van der Waals surface area contributed by atoms with Crippen molar-refractivity contribution >= 4 is 15.9 Å². The molecule has 0 aromatic carbocycles. The van der Waals surface area contributed by atoms with Crippen molar-refractivity contribution in [1.82, 2.24) is 5.32 Å². The van der Waals surface area contributed by atoms with Crippen LogP contribution in [0.5, 0.6) is 0 Å². The van der Waals surface area contributed by atoms with Crippen LogP contribution in [0.4, 0.5) is 0 Å². The molecule has 1 aromatic rings. The van der Waals surface area contributed by atoms with Gasteiger partial charge in [-0.1, -0.05) is 0 Å². The molecular weight excluding hydrogens is 230 g/mol. The maximum absolute atomic E-state index is 5.31. The lowest BCUT2D eigenvalue weighted by molar-refractivity contribution is 0.493. The molecule has 0 atom stereocenters. The van der Waals surface area contributed by atoms with Crippen molar-refractivity contribution in [2.75, 3.05) is 6.54 Å². The lowest BCUT2D eigenvalue weighted by Gasteiger charge is -2.00. The second-order valence-corrected chi connectivity index (χ2v) is 4.38. The van der Waals surface area contributed by atoms with Crippen LogP contribution in [0, 0.1) is 0 Å². The third kappa shape index (κ3) is 2.85. The Morgan fingerprint density at radius 1 is 1.54 bits per heavy atom. The van der Waals surface area contributed by atoms with Crippen LogP contribution in [0.2, 0.25) is 0 Å². The van der Waals surface area contributed by atoms with Gasteiger partial charge in [-0.3, -0.25) is 0 Å². The number of rotatable bonds is 5. The van der Waals surface area contributed by atoms with Crippen molar-refractivity contribution in [2.24, 2.45) is 0 Å². The molecule has 1 N–H and O–H groups in total. The zero-order chi connectivity index (χ0) is 9.10. The van der Waals surface area contributed by atoms with E-state index in [1.165, 1.54) is 12.8 Å². The van der Waals surface area contributed by atoms with Gasteiger partial charge in [0.25, 0.3) is 0 Å². The van der Waals surface area contributed by atoms with E-state index in [9.17, 15) is 0 Å². The first-order chi connectivity index (χ1) is 6.36. The van der Waals surface area contributed by atoms with Gasteiger partial charge in [0.05, 0.1) is 10.7 Å². The lowest BCUT2D eigenvalue weighted by Crippen LogP contribution is -2.17. The second kappa shape index (κ2) is 4.29. The first-order valence-corrected chi connectivity index (χ1v) is 5.61. The minimum Gasteiger partial charge on any atom is -0.468 e. The molecule has 0 spiro atoms. The van der Waals surface area contributed by atoms with Crippen LogP contribution in [-0.2, 0) is 6.42 Å². The van der Waals surface area contributed by atoms with E-state index in [-0.39, 0.29) is 0 Å². The molecule has 0 amide bonds. The van der Waals surface area contributed by atoms with Gasteiger partial charge in [0.2, 0.25) is 0 Å². The summed E-state index contributed by atoms with van der Waals surface area (Å²) in [6.45, 7) is 1.11. The summed E-state index contributed by atoms with van der Waals surface area (Å²) in [7, 11) is 0. The summed E-state index contributed by atoms with van der Waals surface area (Å²) in [4.78, 5) is 0. The Bertz CT molecular complexity index is 268. The molecule has 0 bridgehead atoms. The van der Waals surface area contributed by atoms with Crippen LogP contribution in [0.1, 0.15) is 25.0 Å². The van der Waals surface area contributed by atoms with Gasteiger partial charge >= 0.3 is 0 Å². The molecule has 1 fully saturated rings. The highest BCUT2D eigenvalue weighted by Gasteiger charge is 2.19. The molecular formula is C10H14BrNO. The minimum absolute atomic E-state index is 0.819. The Labute approximate surface area is 86.8 Å². The molecule has 0 radical (unpaired) electrons. The number of hydrogen-bond donors (Lipinski definition) is 1. The van der Waals surface area contributed by atoms with Crippen molar-refractivity contribution in [3.63, 3.8) is 0 Å². The van der Waals surface area contributed by atoms with Gasteiger partial charge in [0.15, 0.2) is 0 Å². The number of halogens is 1. The predicted molar refractivity (Wildman–Crippen MR) is 55.8 cm³/mol. The summed E-state index contributed by atoms with van der Waals surface area (Å²) in [5.74, 6) is 1.07. The average molecular weight is 244 g/mol. The third-order valence-corrected chi connectivity index (χ3v) is 2.99. The molecule has 13 heavy (non-hydrogen) atoms. The fourth-order valence-corrected chi connectivity index (χ4v) is 1.75. The van der Waals surface area contributed by atoms with Crippen molar-refractivity contribution in [3.8, 4) is 0 Å². The van der Waals surface area contributed by atoms with Gasteiger partial charge < -0.3 is 9.73 Å². The number of nitrogens with one attached hydrogen (secondary N) is 1. The SMILES string of the molecule is Brc1ccoc1CCCNC1CC1. The quantitative estimate of drug-likeness (QED) is 0.805. The molecule has 1 aliphatic carbocycles. The van der Waals surface area contributed by atoms with E-state index < -0.39 is 0 Å². The zero-order valence-electron chi connectivity index (χ0n) is 7.55. The maximum Gasteiger partial charge on any atom is 0.117 e. The Morgan fingerprint density at radius 2 is 2.38 bits per heavy atom. The molecule has 1 heterocycles. The van der Waals surface area contributed by atoms with Gasteiger partial charge in [-0.05, 0) is 47.8 Å². The van der Waals surface area contributed by atoms with Gasteiger partial charge in [0.1, 0.15) is 5.76 Å². The average Bonchev–Trinajstić information content (AvgIpc) is 2.86. The van der Waals surface area contributed by atoms with Crippen LogP contribution in [0.3, 0.4) is 0 Å². The van der Waals surface area contributed by atoms with Gasteiger partial charge in [-0.2, -0.15) is 0 Å². The van der Waals surface area contributed by atoms with Gasteiger partial charge in [-0.25, -0.2) is 0 Å². The molecule has 2 rings (SSSR count). The molecule has 1 aromatic heterocycles. The molecule has 0 saturated heterocycles. The largest absolute Gasteiger partial charge is 0.468 e. The van der Waals surface area contributed by atoms with Crippen LogP contribution in [0.15, 0.2) is 21.2 Å². The van der Waals surface area contributed by atoms with Gasteiger partial charge in [0, 0.05) is 12.5 Å². The topological polar surface area (TPSA) is 25.2 Å². The van der Waals surface area contributed by atoms with Crippen LogP contribution in [0.25, 0.3) is 0 Å². The fraction of sp³-hybridized carbons (Fsp3) is 0.600. The molecule has 72 valence electrons. The Hall–Kier alpha value is -0.280. The lowest BCUT2D eigenvalue weighted by atomic mass is 10.2. The van der Waals surface area contributed by atoms with E-state index in [1.54, 1.807) is 6.26 Å². The predicted octanol–water partition coefficient (Wildman–Crippen LogP) is 2.73. The normalized spacial score (nSPS) is 16.4. The monoisotopic (exact) mass is 243 g/mol. The maximum atomic E-state index is 5.31. The molecule has 0 unspecified atom stereocenters. The zero-order valence-corrected chi connectivity index (χ0v) is 9.14. The molecule has 2 nitrogen and oxygen atoms in total. The van der Waals surface area contributed by atoms with E-state index in [0.717, 1.165) is 35.7 Å². The number of furan rings is 1. The summed E-state index contributed by atoms with van der Waals surface area (Å²) in [6.07, 6.45) is 6.64. The molecule has 1 aliphatic rings. The van der Waals surface area contributed by atoms with Crippen molar-refractivity contribution in [1.29, 1.82) is 0 Å².